The topological polar surface area (TPSA) is 29.5 Å². The van der Waals surface area contributed by atoms with Crippen molar-refractivity contribution in [1.82, 2.24) is 0 Å². The molecule has 1 rings (SSSR count). The summed E-state index contributed by atoms with van der Waals surface area (Å²) in [5, 5.41) is 10.3. The summed E-state index contributed by atoms with van der Waals surface area (Å²) in [7, 11) is 0. The summed E-state index contributed by atoms with van der Waals surface area (Å²) in [6, 6.07) is 0. The van der Waals surface area contributed by atoms with Gasteiger partial charge in [-0.15, -0.1) is 0 Å². The van der Waals surface area contributed by atoms with Crippen molar-refractivity contribution in [2.75, 3.05) is 0 Å². The van der Waals surface area contributed by atoms with E-state index in [1.807, 2.05) is 13.8 Å². The van der Waals surface area contributed by atoms with Crippen LogP contribution >= 0.6 is 15.9 Å². The molecule has 90 valence electrons. The van der Waals surface area contributed by atoms with E-state index in [2.05, 4.69) is 43.6 Å². The van der Waals surface area contributed by atoms with Gasteiger partial charge in [0.25, 0.3) is 0 Å². The summed E-state index contributed by atoms with van der Waals surface area (Å²) >= 11 is 3.59. The summed E-state index contributed by atoms with van der Waals surface area (Å²) in [5.41, 5.74) is -0.177. The number of rotatable bonds is 2. The summed E-state index contributed by atoms with van der Waals surface area (Å²) in [4.78, 5) is 0. The minimum absolute atomic E-state index is 0.120. The van der Waals surface area contributed by atoms with Crippen LogP contribution in [-0.2, 0) is 4.74 Å². The number of ether oxygens (including phenoxy) is 1. The zero-order chi connectivity index (χ0) is 12.0. The molecular formula is C12H23BrO2. The second-order valence-corrected chi connectivity index (χ2v) is 8.10. The maximum absolute atomic E-state index is 10.3. The van der Waals surface area contributed by atoms with E-state index in [9.17, 15) is 5.11 Å². The molecule has 3 atom stereocenters. The monoisotopic (exact) mass is 278 g/mol. The first-order valence-corrected chi connectivity index (χ1v) is 6.40. The van der Waals surface area contributed by atoms with Crippen LogP contribution in [0.5, 0.6) is 0 Å². The molecule has 1 N–H and O–H groups in total. The molecule has 1 aliphatic rings. The third kappa shape index (κ3) is 2.40. The van der Waals surface area contributed by atoms with E-state index in [4.69, 9.17) is 4.74 Å². The van der Waals surface area contributed by atoms with Gasteiger partial charge in [-0.3, -0.25) is 0 Å². The molecular weight excluding hydrogens is 256 g/mol. The van der Waals surface area contributed by atoms with Crippen LogP contribution in [0, 0.1) is 11.3 Å². The fourth-order valence-corrected chi connectivity index (χ4v) is 2.88. The zero-order valence-corrected chi connectivity index (χ0v) is 12.1. The number of aliphatic hydroxyl groups is 1. The quantitative estimate of drug-likeness (QED) is 0.787. The molecule has 0 bridgehead atoms. The van der Waals surface area contributed by atoms with Gasteiger partial charge < -0.3 is 9.84 Å². The van der Waals surface area contributed by atoms with Gasteiger partial charge in [-0.05, 0) is 19.8 Å². The average molecular weight is 279 g/mol. The Hall–Kier alpha value is 0.400. The maximum atomic E-state index is 10.3. The number of halogens is 1. The van der Waals surface area contributed by atoms with Crippen molar-refractivity contribution in [3.8, 4) is 0 Å². The zero-order valence-electron chi connectivity index (χ0n) is 10.5. The molecule has 1 aliphatic heterocycles. The Morgan fingerprint density at radius 3 is 2.00 bits per heavy atom. The van der Waals surface area contributed by atoms with Crippen LogP contribution in [0.2, 0.25) is 0 Å². The smallest absolute Gasteiger partial charge is 0.0991 e. The maximum Gasteiger partial charge on any atom is 0.0991 e. The van der Waals surface area contributed by atoms with Crippen molar-refractivity contribution in [1.29, 1.82) is 0 Å². The van der Waals surface area contributed by atoms with E-state index < -0.39 is 6.10 Å². The molecule has 1 saturated heterocycles. The van der Waals surface area contributed by atoms with Gasteiger partial charge >= 0.3 is 0 Å². The molecule has 1 fully saturated rings. The lowest BCUT2D eigenvalue weighted by Crippen LogP contribution is -2.42. The van der Waals surface area contributed by atoms with E-state index in [0.717, 1.165) is 0 Å². The summed E-state index contributed by atoms with van der Waals surface area (Å²) in [5.74, 6) is 0.425. The third-order valence-electron chi connectivity index (χ3n) is 3.36. The number of hydrogen-bond acceptors (Lipinski definition) is 2. The van der Waals surface area contributed by atoms with Crippen LogP contribution in [0.1, 0.15) is 41.5 Å². The molecule has 0 saturated carbocycles. The van der Waals surface area contributed by atoms with E-state index in [1.165, 1.54) is 0 Å². The van der Waals surface area contributed by atoms with Crippen molar-refractivity contribution in [3.05, 3.63) is 0 Å². The van der Waals surface area contributed by atoms with E-state index >= 15 is 0 Å². The molecule has 0 aromatic carbocycles. The number of alkyl halides is 1. The van der Waals surface area contributed by atoms with Gasteiger partial charge in [-0.25, -0.2) is 0 Å². The minimum Gasteiger partial charge on any atom is -0.390 e. The third-order valence-corrected chi connectivity index (χ3v) is 3.81. The predicted octanol–water partition coefficient (Wildman–Crippen LogP) is 2.97. The van der Waals surface area contributed by atoms with Crippen LogP contribution in [-0.4, -0.2) is 27.7 Å². The molecule has 3 unspecified atom stereocenters. The van der Waals surface area contributed by atoms with Crippen LogP contribution in [0.15, 0.2) is 0 Å². The van der Waals surface area contributed by atoms with E-state index in [1.54, 1.807) is 0 Å². The Balaban J connectivity index is 2.94. The number of aliphatic hydroxyl groups excluding tert-OH is 1. The normalized spacial score (nSPS) is 36.2. The molecule has 0 amide bonds. The van der Waals surface area contributed by atoms with Gasteiger partial charge in [0.15, 0.2) is 0 Å². The first kappa shape index (κ1) is 13.5. The highest BCUT2D eigenvalue weighted by Crippen LogP contribution is 2.46. The summed E-state index contributed by atoms with van der Waals surface area (Å²) < 4.78 is 5.83. The van der Waals surface area contributed by atoms with Crippen LogP contribution in [0.25, 0.3) is 0 Å². The fraction of sp³-hybridized carbons (Fsp3) is 1.00. The lowest BCUT2D eigenvalue weighted by Gasteiger charge is -2.31. The first-order valence-electron chi connectivity index (χ1n) is 5.61. The van der Waals surface area contributed by atoms with Gasteiger partial charge in [0.1, 0.15) is 0 Å². The molecule has 0 spiro atoms. The van der Waals surface area contributed by atoms with Crippen molar-refractivity contribution < 1.29 is 9.84 Å². The summed E-state index contributed by atoms with van der Waals surface area (Å²) in [6.45, 7) is 12.5. The molecule has 2 nitrogen and oxygen atoms in total. The largest absolute Gasteiger partial charge is 0.390 e. The SMILES string of the molecule is CC(C)C1OC(C(C)(C)Br)C(O)C1(C)C. The molecule has 0 aliphatic carbocycles. The number of hydrogen-bond donors (Lipinski definition) is 1. The van der Waals surface area contributed by atoms with Crippen LogP contribution in [0.4, 0.5) is 0 Å². The van der Waals surface area contributed by atoms with Gasteiger partial charge in [0.05, 0.1) is 18.3 Å². The Labute approximate surface area is 102 Å². The molecule has 0 radical (unpaired) electrons. The summed E-state index contributed by atoms with van der Waals surface area (Å²) in [6.07, 6.45) is -0.437. The lowest BCUT2D eigenvalue weighted by atomic mass is 9.76. The molecule has 15 heavy (non-hydrogen) atoms. The van der Waals surface area contributed by atoms with Crippen molar-refractivity contribution in [2.45, 2.75) is 64.2 Å². The van der Waals surface area contributed by atoms with Crippen LogP contribution < -0.4 is 0 Å². The highest BCUT2D eigenvalue weighted by atomic mass is 79.9. The van der Waals surface area contributed by atoms with Gasteiger partial charge in [-0.2, -0.15) is 0 Å². The second-order valence-electron chi connectivity index (χ2n) is 6.05. The molecule has 3 heteroatoms. The van der Waals surface area contributed by atoms with Gasteiger partial charge in [0.2, 0.25) is 0 Å². The van der Waals surface area contributed by atoms with Crippen molar-refractivity contribution >= 4 is 15.9 Å². The Morgan fingerprint density at radius 2 is 1.80 bits per heavy atom. The van der Waals surface area contributed by atoms with E-state index in [0.29, 0.717) is 5.92 Å². The molecule has 1 heterocycles. The minimum atomic E-state index is -0.417. The van der Waals surface area contributed by atoms with Gasteiger partial charge in [0, 0.05) is 9.74 Å². The molecule has 0 aromatic heterocycles. The second kappa shape index (κ2) is 4.01. The van der Waals surface area contributed by atoms with Crippen molar-refractivity contribution in [3.63, 3.8) is 0 Å². The first-order chi connectivity index (χ1) is 6.58. The average Bonchev–Trinajstić information content (AvgIpc) is 2.22. The fourth-order valence-electron chi connectivity index (χ4n) is 2.52. The Bertz CT molecular complexity index is 230. The predicted molar refractivity (Wildman–Crippen MR) is 66.3 cm³/mol. The lowest BCUT2D eigenvalue weighted by molar-refractivity contribution is -0.0234. The van der Waals surface area contributed by atoms with E-state index in [-0.39, 0.29) is 21.9 Å². The highest BCUT2D eigenvalue weighted by molar-refractivity contribution is 9.10. The standard InChI is InChI=1S/C12H23BrO2/c1-7(2)9-11(3,4)8(14)10(15-9)12(5,6)13/h7-10,14H,1-6H3. The van der Waals surface area contributed by atoms with Gasteiger partial charge in [-0.1, -0.05) is 43.6 Å². The van der Waals surface area contributed by atoms with Crippen molar-refractivity contribution in [2.24, 2.45) is 11.3 Å². The Kier molecular flexibility index (Phi) is 3.60. The highest BCUT2D eigenvalue weighted by Gasteiger charge is 2.54. The Morgan fingerprint density at radius 1 is 1.33 bits per heavy atom. The van der Waals surface area contributed by atoms with Crippen LogP contribution in [0.3, 0.4) is 0 Å². The molecule has 0 aromatic rings.